The summed E-state index contributed by atoms with van der Waals surface area (Å²) in [6.07, 6.45) is 16.8. The number of hydrogen-bond donors (Lipinski definition) is 0. The average Bonchev–Trinajstić information content (AvgIpc) is 2.64. The quantitative estimate of drug-likeness (QED) is 0.273. The van der Waals surface area contributed by atoms with E-state index in [-0.39, 0.29) is 5.41 Å². The lowest BCUT2D eigenvalue weighted by molar-refractivity contribution is 0.342. The minimum atomic E-state index is 0.166. The maximum Gasteiger partial charge on any atom is 0.185 e. The lowest BCUT2D eigenvalue weighted by atomic mass is 9.78. The second kappa shape index (κ2) is 13.2. The predicted octanol–water partition coefficient (Wildman–Crippen LogP) is 8.93. The SMILES string of the molecule is CCCCCCc1cc(C(C)(C)CCCCC)cc(CCCCCC)c1[O]. The van der Waals surface area contributed by atoms with Crippen LogP contribution in [0.5, 0.6) is 5.75 Å². The van der Waals surface area contributed by atoms with Crippen LogP contribution >= 0.6 is 0 Å². The van der Waals surface area contributed by atoms with Gasteiger partial charge in [-0.1, -0.05) is 105 Å². The van der Waals surface area contributed by atoms with Crippen molar-refractivity contribution in [3.8, 4) is 5.75 Å². The topological polar surface area (TPSA) is 19.9 Å². The van der Waals surface area contributed by atoms with Crippen molar-refractivity contribution < 1.29 is 5.11 Å². The third-order valence-corrected chi connectivity index (χ3v) is 6.03. The van der Waals surface area contributed by atoms with Gasteiger partial charge in [0, 0.05) is 11.1 Å². The van der Waals surface area contributed by atoms with Gasteiger partial charge < -0.3 is 0 Å². The van der Waals surface area contributed by atoms with Crippen LogP contribution in [-0.4, -0.2) is 0 Å². The number of hydrogen-bond acceptors (Lipinski definition) is 0. The van der Waals surface area contributed by atoms with Crippen molar-refractivity contribution >= 4 is 0 Å². The number of benzene rings is 1. The van der Waals surface area contributed by atoms with Crippen LogP contribution in [0.4, 0.5) is 0 Å². The van der Waals surface area contributed by atoms with Crippen molar-refractivity contribution in [3.63, 3.8) is 0 Å². The van der Waals surface area contributed by atoms with E-state index in [4.69, 9.17) is 0 Å². The zero-order valence-electron chi connectivity index (χ0n) is 19.0. The van der Waals surface area contributed by atoms with Gasteiger partial charge in [-0.2, -0.15) is 0 Å². The lowest BCUT2D eigenvalue weighted by Crippen LogP contribution is -2.18. The highest BCUT2D eigenvalue weighted by atomic mass is 16.3. The second-order valence-corrected chi connectivity index (χ2v) is 9.09. The summed E-state index contributed by atoms with van der Waals surface area (Å²) >= 11 is 0. The molecule has 1 heteroatoms. The fourth-order valence-corrected chi connectivity index (χ4v) is 3.96. The molecular formula is C26H45O. The second-order valence-electron chi connectivity index (χ2n) is 9.09. The molecule has 1 rings (SSSR count). The van der Waals surface area contributed by atoms with E-state index < -0.39 is 0 Å². The van der Waals surface area contributed by atoms with Crippen molar-refractivity contribution in [2.24, 2.45) is 0 Å². The monoisotopic (exact) mass is 373 g/mol. The number of rotatable bonds is 15. The number of aryl methyl sites for hydroxylation is 2. The molecule has 1 aromatic rings. The first-order valence-corrected chi connectivity index (χ1v) is 11.8. The van der Waals surface area contributed by atoms with Gasteiger partial charge in [0.2, 0.25) is 0 Å². The van der Waals surface area contributed by atoms with Crippen LogP contribution < -0.4 is 0 Å². The molecule has 0 atom stereocenters. The van der Waals surface area contributed by atoms with E-state index in [1.165, 1.54) is 69.8 Å². The maximum absolute atomic E-state index is 13.0. The van der Waals surface area contributed by atoms with Crippen molar-refractivity contribution in [1.29, 1.82) is 0 Å². The third kappa shape index (κ3) is 8.71. The zero-order valence-corrected chi connectivity index (χ0v) is 19.0. The van der Waals surface area contributed by atoms with Crippen molar-refractivity contribution in [1.82, 2.24) is 0 Å². The minimum absolute atomic E-state index is 0.166. The Morgan fingerprint density at radius 2 is 1.11 bits per heavy atom. The molecule has 0 N–H and O–H groups in total. The Morgan fingerprint density at radius 3 is 1.56 bits per heavy atom. The summed E-state index contributed by atoms with van der Waals surface area (Å²) in [4.78, 5) is 0. The van der Waals surface area contributed by atoms with E-state index in [0.29, 0.717) is 5.75 Å². The van der Waals surface area contributed by atoms with Crippen molar-refractivity contribution in [2.45, 2.75) is 130 Å². The van der Waals surface area contributed by atoms with E-state index in [9.17, 15) is 5.11 Å². The normalized spacial score (nSPS) is 11.9. The molecule has 0 saturated heterocycles. The largest absolute Gasteiger partial charge is 0.289 e. The Kier molecular flexibility index (Phi) is 11.8. The Morgan fingerprint density at radius 1 is 0.667 bits per heavy atom. The summed E-state index contributed by atoms with van der Waals surface area (Å²) in [6.45, 7) is 11.5. The number of unbranched alkanes of at least 4 members (excludes halogenated alkanes) is 8. The molecule has 0 unspecified atom stereocenters. The third-order valence-electron chi connectivity index (χ3n) is 6.03. The highest BCUT2D eigenvalue weighted by Crippen LogP contribution is 2.36. The molecule has 0 aromatic heterocycles. The van der Waals surface area contributed by atoms with Gasteiger partial charge in [0.1, 0.15) is 0 Å². The summed E-state index contributed by atoms with van der Waals surface area (Å²) in [5, 5.41) is 13.0. The molecule has 0 aliphatic heterocycles. The Bertz CT molecular complexity index is 482. The van der Waals surface area contributed by atoms with Gasteiger partial charge in [0.25, 0.3) is 0 Å². The smallest absolute Gasteiger partial charge is 0.185 e. The van der Waals surface area contributed by atoms with Gasteiger partial charge in [-0.15, -0.1) is 0 Å². The first-order valence-electron chi connectivity index (χ1n) is 11.8. The summed E-state index contributed by atoms with van der Waals surface area (Å²) in [6, 6.07) is 4.52. The van der Waals surface area contributed by atoms with E-state index in [0.717, 1.165) is 36.8 Å². The molecule has 0 spiro atoms. The summed E-state index contributed by atoms with van der Waals surface area (Å²) in [5.74, 6) is 0.344. The first kappa shape index (κ1) is 24.1. The van der Waals surface area contributed by atoms with Gasteiger partial charge >= 0.3 is 0 Å². The highest BCUT2D eigenvalue weighted by molar-refractivity contribution is 5.46. The fraction of sp³-hybridized carbons (Fsp3) is 0.769. The molecule has 0 aliphatic carbocycles. The van der Waals surface area contributed by atoms with Crippen molar-refractivity contribution in [3.05, 3.63) is 28.8 Å². The zero-order chi connectivity index (χ0) is 20.1. The van der Waals surface area contributed by atoms with Gasteiger partial charge in [-0.05, 0) is 43.1 Å². The van der Waals surface area contributed by atoms with E-state index >= 15 is 0 Å². The fourth-order valence-electron chi connectivity index (χ4n) is 3.96. The molecule has 1 nitrogen and oxygen atoms in total. The molecule has 0 fully saturated rings. The van der Waals surface area contributed by atoms with Crippen LogP contribution in [0.15, 0.2) is 12.1 Å². The molecule has 0 bridgehead atoms. The van der Waals surface area contributed by atoms with Crippen LogP contribution in [0.2, 0.25) is 0 Å². The Hall–Kier alpha value is -0.980. The van der Waals surface area contributed by atoms with Crippen LogP contribution in [-0.2, 0) is 23.4 Å². The highest BCUT2D eigenvalue weighted by Gasteiger charge is 2.23. The molecular weight excluding hydrogens is 328 g/mol. The molecule has 27 heavy (non-hydrogen) atoms. The standard InChI is InChI=1S/C26H45O/c1-6-9-12-14-17-22-20-24(26(4,5)19-16-11-8-3)21-23(25(22)27)18-15-13-10-7-2/h20-21H,6-19H2,1-5H3. The summed E-state index contributed by atoms with van der Waals surface area (Å²) < 4.78 is 0. The van der Waals surface area contributed by atoms with Gasteiger partial charge in [0.05, 0.1) is 0 Å². The van der Waals surface area contributed by atoms with Crippen LogP contribution in [0.1, 0.15) is 128 Å². The van der Waals surface area contributed by atoms with E-state index in [2.05, 4.69) is 46.8 Å². The Balaban J connectivity index is 2.98. The van der Waals surface area contributed by atoms with Crippen LogP contribution in [0, 0.1) is 0 Å². The van der Waals surface area contributed by atoms with E-state index in [1.807, 2.05) is 0 Å². The van der Waals surface area contributed by atoms with Crippen molar-refractivity contribution in [2.75, 3.05) is 0 Å². The molecule has 155 valence electrons. The van der Waals surface area contributed by atoms with Crippen LogP contribution in [0.3, 0.4) is 0 Å². The summed E-state index contributed by atoms with van der Waals surface area (Å²) in [7, 11) is 0. The lowest BCUT2D eigenvalue weighted by Gasteiger charge is -2.27. The molecule has 0 saturated carbocycles. The Labute approximate surface area is 170 Å². The minimum Gasteiger partial charge on any atom is -0.289 e. The molecule has 0 aliphatic rings. The van der Waals surface area contributed by atoms with E-state index in [1.54, 1.807) is 0 Å². The maximum atomic E-state index is 13.0. The van der Waals surface area contributed by atoms with Gasteiger partial charge in [-0.25, -0.2) is 0 Å². The molecule has 1 radical (unpaired) electrons. The summed E-state index contributed by atoms with van der Waals surface area (Å²) in [5.41, 5.74) is 3.73. The van der Waals surface area contributed by atoms with Gasteiger partial charge in [0.15, 0.2) is 5.75 Å². The molecule has 1 aromatic carbocycles. The molecule has 0 heterocycles. The van der Waals surface area contributed by atoms with Gasteiger partial charge in [-0.3, -0.25) is 5.11 Å². The average molecular weight is 374 g/mol. The first-order chi connectivity index (χ1) is 13.0. The molecule has 0 amide bonds. The van der Waals surface area contributed by atoms with Crippen LogP contribution in [0.25, 0.3) is 0 Å². The predicted molar refractivity (Wildman–Crippen MR) is 119 cm³/mol.